The first-order valence-corrected chi connectivity index (χ1v) is 16.1. The predicted molar refractivity (Wildman–Crippen MR) is 192 cm³/mol. The number of ether oxygens (including phenoxy) is 2. The lowest BCUT2D eigenvalue weighted by Gasteiger charge is -2.19. The Kier molecular flexibility index (Phi) is 10.4. The Hall–Kier alpha value is -6.10. The van der Waals surface area contributed by atoms with Crippen LogP contribution >= 0.6 is 0 Å². The van der Waals surface area contributed by atoms with Crippen molar-refractivity contribution in [3.05, 3.63) is 159 Å². The van der Waals surface area contributed by atoms with Crippen molar-refractivity contribution >= 4 is 17.0 Å². The third kappa shape index (κ3) is 7.95. The largest absolute Gasteiger partial charge is 0.506 e. The molecule has 6 rings (SSSR count). The summed E-state index contributed by atoms with van der Waals surface area (Å²) in [6, 6.07) is 36.4. The quantitative estimate of drug-likeness (QED) is 0.0797. The standard InChI is InChI=1S/C40H37N3O7/c1-49-36-18-14-28(20-30(36)22-41-23-35(45)32-15-17-34(44)39-33(32)16-19-37(46)42-39)26-12-10-25(11-13-26)24-50-31-9-5-8-29(21-31)38(43-40(47)48)27-6-3-2-4-7-27/h2-21,35,38,41,43-45H,22-24H2,1H3,(H,42,46)(H,47,48)/t35-,38-/m0/s1. The summed E-state index contributed by atoms with van der Waals surface area (Å²) in [5.41, 5.74) is 6.04. The molecule has 0 radical (unpaired) electrons. The number of aromatic nitrogens is 1. The number of carbonyl (C=O) groups is 1. The molecule has 1 aromatic heterocycles. The molecule has 2 atom stereocenters. The van der Waals surface area contributed by atoms with Crippen molar-refractivity contribution in [2.24, 2.45) is 0 Å². The third-order valence-electron chi connectivity index (χ3n) is 8.48. The Balaban J connectivity index is 1.10. The number of hydrogen-bond acceptors (Lipinski definition) is 7. The molecular weight excluding hydrogens is 634 g/mol. The molecule has 6 aromatic rings. The molecule has 10 heteroatoms. The number of hydrogen-bond donors (Lipinski definition) is 6. The van der Waals surface area contributed by atoms with Gasteiger partial charge in [0.15, 0.2) is 0 Å². The fraction of sp³-hybridized carbons (Fsp3) is 0.150. The highest BCUT2D eigenvalue weighted by Crippen LogP contribution is 2.30. The Morgan fingerprint density at radius 3 is 2.36 bits per heavy atom. The molecule has 0 saturated carbocycles. The van der Waals surface area contributed by atoms with Crippen molar-refractivity contribution in [1.29, 1.82) is 0 Å². The van der Waals surface area contributed by atoms with Crippen LogP contribution in [-0.4, -0.2) is 40.1 Å². The van der Waals surface area contributed by atoms with Crippen molar-refractivity contribution in [2.45, 2.75) is 25.3 Å². The van der Waals surface area contributed by atoms with Crippen molar-refractivity contribution in [2.75, 3.05) is 13.7 Å². The average molecular weight is 672 g/mol. The second-order valence-corrected chi connectivity index (χ2v) is 11.8. The number of aromatic amines is 1. The topological polar surface area (TPSA) is 153 Å². The zero-order chi connectivity index (χ0) is 35.0. The second kappa shape index (κ2) is 15.4. The summed E-state index contributed by atoms with van der Waals surface area (Å²) < 4.78 is 11.7. The monoisotopic (exact) mass is 671 g/mol. The van der Waals surface area contributed by atoms with Crippen LogP contribution in [0.5, 0.6) is 17.2 Å². The number of nitrogens with one attached hydrogen (secondary N) is 3. The van der Waals surface area contributed by atoms with E-state index in [1.807, 2.05) is 97.1 Å². The minimum Gasteiger partial charge on any atom is -0.506 e. The molecule has 0 unspecified atom stereocenters. The van der Waals surface area contributed by atoms with Crippen LogP contribution in [0.1, 0.15) is 40.0 Å². The van der Waals surface area contributed by atoms with Gasteiger partial charge in [-0.1, -0.05) is 78.9 Å². The van der Waals surface area contributed by atoms with Crippen molar-refractivity contribution in [3.8, 4) is 28.4 Å². The first-order valence-electron chi connectivity index (χ1n) is 16.1. The molecule has 0 aliphatic carbocycles. The molecule has 0 fully saturated rings. The normalized spacial score (nSPS) is 12.3. The van der Waals surface area contributed by atoms with E-state index in [9.17, 15) is 24.9 Å². The number of phenols is 1. The molecule has 0 aliphatic heterocycles. The number of carboxylic acid groups (broad SMARTS) is 1. The lowest BCUT2D eigenvalue weighted by Crippen LogP contribution is -2.27. The van der Waals surface area contributed by atoms with Crippen LogP contribution in [0.25, 0.3) is 22.0 Å². The van der Waals surface area contributed by atoms with Crippen LogP contribution in [-0.2, 0) is 13.2 Å². The number of fused-ring (bicyclic) bond motifs is 1. The van der Waals surface area contributed by atoms with Crippen LogP contribution < -0.4 is 25.7 Å². The Bertz CT molecular complexity index is 2150. The summed E-state index contributed by atoms with van der Waals surface area (Å²) in [5.74, 6) is 1.29. The highest BCUT2D eigenvalue weighted by molar-refractivity contribution is 5.87. The third-order valence-corrected chi connectivity index (χ3v) is 8.48. The zero-order valence-corrected chi connectivity index (χ0v) is 27.3. The van der Waals surface area contributed by atoms with Gasteiger partial charge in [-0.05, 0) is 69.8 Å². The minimum atomic E-state index is -1.11. The number of rotatable bonds is 13. The number of aromatic hydroxyl groups is 1. The Morgan fingerprint density at radius 1 is 0.840 bits per heavy atom. The van der Waals surface area contributed by atoms with E-state index in [0.717, 1.165) is 33.4 Å². The van der Waals surface area contributed by atoms with Gasteiger partial charge in [0.2, 0.25) is 5.56 Å². The summed E-state index contributed by atoms with van der Waals surface area (Å²) in [4.78, 5) is 25.9. The second-order valence-electron chi connectivity index (χ2n) is 11.8. The highest BCUT2D eigenvalue weighted by Gasteiger charge is 2.18. The van der Waals surface area contributed by atoms with E-state index < -0.39 is 18.2 Å². The molecule has 0 saturated heterocycles. The van der Waals surface area contributed by atoms with Gasteiger partial charge in [-0.2, -0.15) is 0 Å². The fourth-order valence-corrected chi connectivity index (χ4v) is 5.97. The van der Waals surface area contributed by atoms with Crippen LogP contribution in [0.15, 0.2) is 126 Å². The van der Waals surface area contributed by atoms with Gasteiger partial charge < -0.3 is 40.4 Å². The summed E-state index contributed by atoms with van der Waals surface area (Å²) >= 11 is 0. The highest BCUT2D eigenvalue weighted by atomic mass is 16.5. The first kappa shape index (κ1) is 33.8. The number of amides is 1. The van der Waals surface area contributed by atoms with Gasteiger partial charge in [0.25, 0.3) is 0 Å². The maximum absolute atomic E-state index is 11.8. The smallest absolute Gasteiger partial charge is 0.405 e. The molecule has 50 heavy (non-hydrogen) atoms. The van der Waals surface area contributed by atoms with Gasteiger partial charge in [-0.15, -0.1) is 0 Å². The molecule has 10 nitrogen and oxygen atoms in total. The maximum Gasteiger partial charge on any atom is 0.405 e. The van der Waals surface area contributed by atoms with Crippen LogP contribution in [0, 0.1) is 0 Å². The van der Waals surface area contributed by atoms with E-state index in [0.29, 0.717) is 35.6 Å². The summed E-state index contributed by atoms with van der Waals surface area (Å²) in [6.45, 7) is 0.991. The van der Waals surface area contributed by atoms with E-state index >= 15 is 0 Å². The average Bonchev–Trinajstić information content (AvgIpc) is 3.14. The minimum absolute atomic E-state index is 0.0570. The molecule has 6 N–H and O–H groups in total. The van der Waals surface area contributed by atoms with Gasteiger partial charge in [0.1, 0.15) is 23.9 Å². The lowest BCUT2D eigenvalue weighted by molar-refractivity contribution is 0.175. The first-order chi connectivity index (χ1) is 24.3. The number of aliphatic hydroxyl groups excluding tert-OH is 1. The predicted octanol–water partition coefficient (Wildman–Crippen LogP) is 6.67. The summed E-state index contributed by atoms with van der Waals surface area (Å²) in [6.07, 6.45) is -1.99. The van der Waals surface area contributed by atoms with Crippen LogP contribution in [0.3, 0.4) is 0 Å². The maximum atomic E-state index is 11.8. The number of phenolic OH excluding ortho intramolecular Hbond substituents is 1. The summed E-state index contributed by atoms with van der Waals surface area (Å²) in [5, 5.41) is 37.1. The van der Waals surface area contributed by atoms with E-state index in [1.54, 1.807) is 19.2 Å². The molecule has 0 spiro atoms. The van der Waals surface area contributed by atoms with Gasteiger partial charge >= 0.3 is 6.09 Å². The summed E-state index contributed by atoms with van der Waals surface area (Å²) in [7, 11) is 1.62. The number of methoxy groups -OCH3 is 1. The Morgan fingerprint density at radius 2 is 1.60 bits per heavy atom. The zero-order valence-electron chi connectivity index (χ0n) is 27.3. The van der Waals surface area contributed by atoms with Crippen molar-refractivity contribution in [3.63, 3.8) is 0 Å². The Labute approximate surface area is 288 Å². The van der Waals surface area contributed by atoms with E-state index in [1.165, 1.54) is 12.1 Å². The van der Waals surface area contributed by atoms with E-state index in [2.05, 4.69) is 15.6 Å². The number of aliphatic hydroxyl groups is 1. The molecule has 1 heterocycles. The van der Waals surface area contributed by atoms with Gasteiger partial charge in [-0.3, -0.25) is 4.79 Å². The van der Waals surface area contributed by atoms with Gasteiger partial charge in [-0.25, -0.2) is 4.79 Å². The van der Waals surface area contributed by atoms with Crippen LogP contribution in [0.2, 0.25) is 0 Å². The molecule has 5 aromatic carbocycles. The number of H-pyrrole nitrogens is 1. The SMILES string of the molecule is COc1ccc(-c2ccc(COc3cccc([C@@H](NC(=O)O)c4ccccc4)c3)cc2)cc1CNC[C@H](O)c1ccc(O)c2[nH]c(=O)ccc12. The van der Waals surface area contributed by atoms with Gasteiger partial charge in [0.05, 0.1) is 24.8 Å². The molecular formula is C40H37N3O7. The van der Waals surface area contributed by atoms with Gasteiger partial charge in [0, 0.05) is 30.1 Å². The molecule has 1 amide bonds. The van der Waals surface area contributed by atoms with Crippen molar-refractivity contribution in [1.82, 2.24) is 15.6 Å². The van der Waals surface area contributed by atoms with Crippen molar-refractivity contribution < 1.29 is 29.6 Å². The molecule has 0 aliphatic rings. The van der Waals surface area contributed by atoms with E-state index in [-0.39, 0.29) is 23.4 Å². The van der Waals surface area contributed by atoms with Crippen LogP contribution in [0.4, 0.5) is 4.79 Å². The number of pyridine rings is 1. The molecule has 254 valence electrons. The molecule has 0 bridgehead atoms. The fourth-order valence-electron chi connectivity index (χ4n) is 5.97. The number of benzene rings is 5. The lowest BCUT2D eigenvalue weighted by atomic mass is 9.98. The van der Waals surface area contributed by atoms with E-state index in [4.69, 9.17) is 9.47 Å².